The third kappa shape index (κ3) is 2.54. The van der Waals surface area contributed by atoms with Gasteiger partial charge in [0.15, 0.2) is 0 Å². The molecule has 1 aromatic carbocycles. The van der Waals surface area contributed by atoms with Gasteiger partial charge in [-0.25, -0.2) is 9.97 Å². The number of hydrogen-bond donors (Lipinski definition) is 1. The summed E-state index contributed by atoms with van der Waals surface area (Å²) in [5.41, 5.74) is 7.08. The maximum atomic E-state index is 6.13. The molecule has 0 saturated carbocycles. The van der Waals surface area contributed by atoms with Crippen LogP contribution in [-0.4, -0.2) is 16.1 Å². The van der Waals surface area contributed by atoms with Crippen molar-refractivity contribution in [3.63, 3.8) is 0 Å². The van der Waals surface area contributed by atoms with Gasteiger partial charge in [-0.3, -0.25) is 0 Å². The average Bonchev–Trinajstić information content (AvgIpc) is 2.33. The van der Waals surface area contributed by atoms with Gasteiger partial charge < -0.3 is 10.5 Å². The molecule has 0 unspecified atom stereocenters. The van der Waals surface area contributed by atoms with Crippen molar-refractivity contribution in [2.24, 2.45) is 0 Å². The fourth-order valence-corrected chi connectivity index (χ4v) is 1.79. The fraction of sp³-hybridized carbons (Fsp3) is 0.231. The highest BCUT2D eigenvalue weighted by molar-refractivity contribution is 6.35. The molecular formula is C13H14ClN3O. The van der Waals surface area contributed by atoms with Crippen LogP contribution in [-0.2, 0) is 0 Å². The summed E-state index contributed by atoms with van der Waals surface area (Å²) in [5, 5.41) is 0.345. The molecule has 2 aromatic rings. The van der Waals surface area contributed by atoms with E-state index in [1.807, 2.05) is 38.1 Å². The molecule has 0 spiro atoms. The van der Waals surface area contributed by atoms with E-state index in [9.17, 15) is 0 Å². The second-order valence-corrected chi connectivity index (χ2v) is 4.46. The van der Waals surface area contributed by atoms with Gasteiger partial charge in [0.25, 0.3) is 0 Å². The molecule has 0 atom stereocenters. The van der Waals surface area contributed by atoms with Crippen molar-refractivity contribution < 1.29 is 4.74 Å². The van der Waals surface area contributed by atoms with Crippen LogP contribution in [0, 0.1) is 0 Å². The first kappa shape index (κ1) is 12.6. The van der Waals surface area contributed by atoms with E-state index in [1.165, 1.54) is 6.33 Å². The molecule has 1 aromatic heterocycles. The molecule has 0 fully saturated rings. The van der Waals surface area contributed by atoms with Crippen LogP contribution < -0.4 is 10.5 Å². The predicted molar refractivity (Wildman–Crippen MR) is 72.7 cm³/mol. The SMILES string of the molecule is CC(C)Oc1ccccc1-c1ncnc(N)c1Cl. The van der Waals surface area contributed by atoms with Crippen molar-refractivity contribution in [2.45, 2.75) is 20.0 Å². The van der Waals surface area contributed by atoms with Crippen LogP contribution >= 0.6 is 11.6 Å². The van der Waals surface area contributed by atoms with Crippen molar-refractivity contribution in [1.29, 1.82) is 0 Å². The van der Waals surface area contributed by atoms with Gasteiger partial charge in [0.1, 0.15) is 22.9 Å². The quantitative estimate of drug-likeness (QED) is 0.924. The molecule has 0 bridgehead atoms. The normalized spacial score (nSPS) is 10.7. The number of halogens is 1. The maximum absolute atomic E-state index is 6.13. The standard InChI is InChI=1S/C13H14ClN3O/c1-8(2)18-10-6-4-3-5-9(10)12-11(14)13(15)17-7-16-12/h3-8H,1-2H3,(H2,15,16,17). The Kier molecular flexibility index (Phi) is 3.67. The number of benzene rings is 1. The molecule has 0 aliphatic rings. The largest absolute Gasteiger partial charge is 0.490 e. The highest BCUT2D eigenvalue weighted by Gasteiger charge is 2.14. The van der Waals surface area contributed by atoms with Gasteiger partial charge >= 0.3 is 0 Å². The zero-order chi connectivity index (χ0) is 13.1. The van der Waals surface area contributed by atoms with Gasteiger partial charge in [0, 0.05) is 5.56 Å². The van der Waals surface area contributed by atoms with Crippen LogP contribution in [0.2, 0.25) is 5.02 Å². The zero-order valence-corrected chi connectivity index (χ0v) is 11.0. The van der Waals surface area contributed by atoms with E-state index in [1.54, 1.807) is 0 Å². The Bertz CT molecular complexity index is 558. The van der Waals surface area contributed by atoms with E-state index in [0.29, 0.717) is 10.7 Å². The second-order valence-electron chi connectivity index (χ2n) is 4.08. The first-order chi connectivity index (χ1) is 8.59. The maximum Gasteiger partial charge on any atom is 0.146 e. The van der Waals surface area contributed by atoms with E-state index >= 15 is 0 Å². The first-order valence-corrected chi connectivity index (χ1v) is 5.99. The van der Waals surface area contributed by atoms with Crippen molar-refractivity contribution in [3.05, 3.63) is 35.6 Å². The topological polar surface area (TPSA) is 61.0 Å². The number of ether oxygens (including phenoxy) is 1. The number of nitrogen functional groups attached to an aromatic ring is 1. The van der Waals surface area contributed by atoms with Gasteiger partial charge in [0.05, 0.1) is 11.8 Å². The lowest BCUT2D eigenvalue weighted by Crippen LogP contribution is -2.07. The Hall–Kier alpha value is -1.81. The summed E-state index contributed by atoms with van der Waals surface area (Å²) in [6, 6.07) is 7.58. The summed E-state index contributed by atoms with van der Waals surface area (Å²) >= 11 is 6.13. The third-order valence-corrected chi connectivity index (χ3v) is 2.69. The molecule has 1 heterocycles. The van der Waals surface area contributed by atoms with E-state index in [0.717, 1.165) is 11.3 Å². The van der Waals surface area contributed by atoms with Gasteiger partial charge in [0.2, 0.25) is 0 Å². The van der Waals surface area contributed by atoms with E-state index in [-0.39, 0.29) is 11.9 Å². The number of rotatable bonds is 3. The number of nitrogens with zero attached hydrogens (tertiary/aromatic N) is 2. The predicted octanol–water partition coefficient (Wildman–Crippen LogP) is 3.17. The first-order valence-electron chi connectivity index (χ1n) is 5.61. The van der Waals surface area contributed by atoms with Crippen LogP contribution in [0.25, 0.3) is 11.3 Å². The molecule has 94 valence electrons. The lowest BCUT2D eigenvalue weighted by Gasteiger charge is -2.14. The molecule has 18 heavy (non-hydrogen) atoms. The highest BCUT2D eigenvalue weighted by Crippen LogP contribution is 2.35. The molecular weight excluding hydrogens is 250 g/mol. The van der Waals surface area contributed by atoms with Crippen LogP contribution in [0.5, 0.6) is 5.75 Å². The smallest absolute Gasteiger partial charge is 0.146 e. The van der Waals surface area contributed by atoms with Crippen LogP contribution in [0.3, 0.4) is 0 Å². The lowest BCUT2D eigenvalue weighted by molar-refractivity contribution is 0.243. The van der Waals surface area contributed by atoms with Gasteiger partial charge in [-0.15, -0.1) is 0 Å². The average molecular weight is 264 g/mol. The molecule has 4 nitrogen and oxygen atoms in total. The van der Waals surface area contributed by atoms with Crippen molar-refractivity contribution in [1.82, 2.24) is 9.97 Å². The zero-order valence-electron chi connectivity index (χ0n) is 10.2. The highest BCUT2D eigenvalue weighted by atomic mass is 35.5. The van der Waals surface area contributed by atoms with E-state index in [4.69, 9.17) is 22.1 Å². The minimum atomic E-state index is 0.0732. The van der Waals surface area contributed by atoms with E-state index < -0.39 is 0 Å². The Balaban J connectivity index is 2.53. The minimum absolute atomic E-state index is 0.0732. The summed E-state index contributed by atoms with van der Waals surface area (Å²) in [6.45, 7) is 3.93. The third-order valence-electron chi connectivity index (χ3n) is 2.32. The lowest BCUT2D eigenvalue weighted by atomic mass is 10.1. The number of anilines is 1. The molecule has 5 heteroatoms. The van der Waals surface area contributed by atoms with Crippen molar-refractivity contribution >= 4 is 17.4 Å². The number of aromatic nitrogens is 2. The Labute approximate surface area is 111 Å². The minimum Gasteiger partial charge on any atom is -0.490 e. The number of para-hydroxylation sites is 1. The van der Waals surface area contributed by atoms with Crippen LogP contribution in [0.4, 0.5) is 5.82 Å². The molecule has 0 saturated heterocycles. The number of nitrogens with two attached hydrogens (primary N) is 1. The summed E-state index contributed by atoms with van der Waals surface area (Å²) in [5.74, 6) is 0.994. The van der Waals surface area contributed by atoms with Crippen LogP contribution in [0.1, 0.15) is 13.8 Å². The Morgan fingerprint density at radius 1 is 1.22 bits per heavy atom. The summed E-state index contributed by atoms with van der Waals surface area (Å²) < 4.78 is 5.73. The van der Waals surface area contributed by atoms with Crippen molar-refractivity contribution in [3.8, 4) is 17.0 Å². The molecule has 0 radical (unpaired) electrons. The van der Waals surface area contributed by atoms with E-state index in [2.05, 4.69) is 9.97 Å². The van der Waals surface area contributed by atoms with Crippen LogP contribution in [0.15, 0.2) is 30.6 Å². The molecule has 2 rings (SSSR count). The van der Waals surface area contributed by atoms with Gasteiger partial charge in [-0.05, 0) is 26.0 Å². The molecule has 0 amide bonds. The van der Waals surface area contributed by atoms with Gasteiger partial charge in [-0.2, -0.15) is 0 Å². The monoisotopic (exact) mass is 263 g/mol. The Morgan fingerprint density at radius 3 is 2.67 bits per heavy atom. The summed E-state index contributed by atoms with van der Waals surface area (Å²) in [7, 11) is 0. The molecule has 0 aliphatic heterocycles. The second kappa shape index (κ2) is 5.23. The van der Waals surface area contributed by atoms with Crippen molar-refractivity contribution in [2.75, 3.05) is 5.73 Å². The molecule has 0 aliphatic carbocycles. The fourth-order valence-electron chi connectivity index (χ4n) is 1.59. The number of hydrogen-bond acceptors (Lipinski definition) is 4. The summed E-state index contributed by atoms with van der Waals surface area (Å²) in [4.78, 5) is 8.02. The Morgan fingerprint density at radius 2 is 1.94 bits per heavy atom. The van der Waals surface area contributed by atoms with Gasteiger partial charge in [-0.1, -0.05) is 23.7 Å². The summed E-state index contributed by atoms with van der Waals surface area (Å²) in [6.07, 6.45) is 1.46. The molecule has 2 N–H and O–H groups in total.